The summed E-state index contributed by atoms with van der Waals surface area (Å²) in [5.41, 5.74) is 12.1. The lowest BCUT2D eigenvalue weighted by Gasteiger charge is -2.32. The van der Waals surface area contributed by atoms with Gasteiger partial charge in [-0.2, -0.15) is 0 Å². The summed E-state index contributed by atoms with van der Waals surface area (Å²) >= 11 is 0. The summed E-state index contributed by atoms with van der Waals surface area (Å²) in [4.78, 5) is 46.6. The zero-order valence-corrected chi connectivity index (χ0v) is 25.2. The van der Waals surface area contributed by atoms with Crippen LogP contribution in [-0.4, -0.2) is 107 Å². The summed E-state index contributed by atoms with van der Waals surface area (Å²) in [6.07, 6.45) is -8.54. The Hall–Kier alpha value is -3.23. The third kappa shape index (κ3) is 5.92. The lowest BCUT2D eigenvalue weighted by molar-refractivity contribution is -0.0346. The molecule has 1 saturated carbocycles. The number of anilines is 3. The van der Waals surface area contributed by atoms with E-state index in [0.29, 0.717) is 0 Å². The number of aliphatic imine (C=N–C) groups is 1. The molecule has 3 aromatic heterocycles. The lowest BCUT2D eigenvalue weighted by atomic mass is 10.1. The van der Waals surface area contributed by atoms with Crippen molar-refractivity contribution in [2.24, 2.45) is 4.99 Å². The second-order valence-electron chi connectivity index (χ2n) is 10.4. The number of alkyl halides is 1. The topological polar surface area (TPSA) is 278 Å². The molecule has 7 N–H and O–H groups in total. The molecule has 2 unspecified atom stereocenters. The van der Waals surface area contributed by atoms with Crippen molar-refractivity contribution in [1.82, 2.24) is 29.5 Å². The van der Waals surface area contributed by atoms with Crippen LogP contribution >= 0.6 is 15.6 Å². The standard InChI is InChI=1S/C22H29FN10O10P2/c1-26-13-18(24)27-6-29-20(13)32(2)9-5-11-15(34)16(9)42-44(35,36)39-4-3-10-17(43-45(37,38)41-11)12(23)22(40-10)33-8-31-14-19(25)28-7-30-21(14)33/h6-12,15-17,22,34H,1,3-5H2,2H3,(H,35,36)(H,37,38)(H2,24,27,29)(H2,25,28,30)/t9-,10-,11+,12-,15-,16+,17-,22-/m1/s1. The van der Waals surface area contributed by atoms with Gasteiger partial charge in [-0.15, -0.1) is 0 Å². The molecule has 3 aliphatic rings. The number of halogens is 1. The van der Waals surface area contributed by atoms with E-state index in [1.807, 2.05) is 0 Å². The van der Waals surface area contributed by atoms with Crippen molar-refractivity contribution in [3.8, 4) is 0 Å². The predicted octanol–water partition coefficient (Wildman–Crippen LogP) is 0.395. The molecule has 3 aromatic rings. The number of likely N-dealkylation sites (N-methyl/N-ethyl adjacent to an activating group) is 1. The van der Waals surface area contributed by atoms with E-state index in [-0.39, 0.29) is 47.1 Å². The van der Waals surface area contributed by atoms with Crippen LogP contribution in [0.5, 0.6) is 0 Å². The Labute approximate surface area is 253 Å². The highest BCUT2D eigenvalue weighted by Gasteiger charge is 2.55. The van der Waals surface area contributed by atoms with Crippen molar-refractivity contribution in [2.45, 2.75) is 61.8 Å². The van der Waals surface area contributed by atoms with Gasteiger partial charge < -0.3 is 36.0 Å². The minimum absolute atomic E-state index is 0.0238. The monoisotopic (exact) mass is 674 g/mol. The van der Waals surface area contributed by atoms with Crippen LogP contribution in [0.25, 0.3) is 11.2 Å². The molecule has 2 bridgehead atoms. The van der Waals surface area contributed by atoms with E-state index in [1.54, 1.807) is 0 Å². The highest BCUT2D eigenvalue weighted by atomic mass is 31.2. The van der Waals surface area contributed by atoms with Crippen LogP contribution in [0.1, 0.15) is 19.1 Å². The molecule has 10 atom stereocenters. The summed E-state index contributed by atoms with van der Waals surface area (Å²) in [6, 6.07) is -1.03. The number of aromatic nitrogens is 6. The van der Waals surface area contributed by atoms with Crippen molar-refractivity contribution < 1.29 is 51.2 Å². The Morgan fingerprint density at radius 2 is 1.76 bits per heavy atom. The summed E-state index contributed by atoms with van der Waals surface area (Å²) in [7, 11) is -8.59. The fraction of sp³-hybridized carbons (Fsp3) is 0.545. The second-order valence-corrected chi connectivity index (χ2v) is 13.2. The predicted molar refractivity (Wildman–Crippen MR) is 152 cm³/mol. The van der Waals surface area contributed by atoms with E-state index in [1.165, 1.54) is 22.8 Å². The Morgan fingerprint density at radius 3 is 2.51 bits per heavy atom. The van der Waals surface area contributed by atoms with Gasteiger partial charge in [-0.05, 0) is 13.1 Å². The molecule has 2 aliphatic heterocycles. The van der Waals surface area contributed by atoms with Gasteiger partial charge in [-0.1, -0.05) is 0 Å². The molecule has 45 heavy (non-hydrogen) atoms. The molecule has 23 heteroatoms. The molecule has 0 amide bonds. The van der Waals surface area contributed by atoms with Crippen LogP contribution in [0.2, 0.25) is 0 Å². The van der Waals surface area contributed by atoms with E-state index in [2.05, 4.69) is 36.6 Å². The summed E-state index contributed by atoms with van der Waals surface area (Å²) < 4.78 is 70.6. The molecule has 3 fully saturated rings. The van der Waals surface area contributed by atoms with E-state index in [9.17, 15) is 24.0 Å². The Kier molecular flexibility index (Phi) is 8.36. The van der Waals surface area contributed by atoms with Gasteiger partial charge in [0.15, 0.2) is 35.5 Å². The van der Waals surface area contributed by atoms with Crippen LogP contribution in [-0.2, 0) is 32.0 Å². The molecule has 5 heterocycles. The Balaban J connectivity index is 1.30. The third-order valence-electron chi connectivity index (χ3n) is 7.75. The molecule has 0 spiro atoms. The SMILES string of the molecule is C=Nc1c(N)ncnc1N(C)[C@@H]1C[C@@H]2OP(=O)(O)O[C@H]3[C@@H](F)[C@H](n4cnc5c(N)ncnc54)O[C@@H]3CCOP(=O)(O)O[C@@H]1[C@@H]2O. The smallest absolute Gasteiger partial charge is 0.388 e. The number of fused-ring (bicyclic) bond motifs is 4. The molecule has 1 aliphatic carbocycles. The summed E-state index contributed by atoms with van der Waals surface area (Å²) in [5.74, 6) is 0.117. The van der Waals surface area contributed by atoms with Crippen LogP contribution in [0.4, 0.5) is 27.5 Å². The maximum atomic E-state index is 16.0. The maximum Gasteiger partial charge on any atom is 0.473 e. The zero-order valence-electron chi connectivity index (χ0n) is 23.4. The van der Waals surface area contributed by atoms with E-state index >= 15 is 4.39 Å². The highest BCUT2D eigenvalue weighted by molar-refractivity contribution is 7.47. The molecule has 0 radical (unpaired) electrons. The summed E-state index contributed by atoms with van der Waals surface area (Å²) in [6.45, 7) is 2.90. The number of aliphatic hydroxyl groups is 1. The minimum atomic E-state index is -5.16. The summed E-state index contributed by atoms with van der Waals surface area (Å²) in [5, 5.41) is 11.1. The molecule has 6 rings (SSSR count). The fourth-order valence-corrected chi connectivity index (χ4v) is 7.80. The first-order chi connectivity index (χ1) is 21.3. The van der Waals surface area contributed by atoms with Crippen LogP contribution in [0, 0.1) is 0 Å². The molecule has 20 nitrogen and oxygen atoms in total. The first-order valence-electron chi connectivity index (χ1n) is 13.4. The first-order valence-corrected chi connectivity index (χ1v) is 16.3. The van der Waals surface area contributed by atoms with Gasteiger partial charge in [0.2, 0.25) is 0 Å². The van der Waals surface area contributed by atoms with E-state index < -0.39 is 71.2 Å². The minimum Gasteiger partial charge on any atom is -0.388 e. The maximum absolute atomic E-state index is 16.0. The van der Waals surface area contributed by atoms with Gasteiger partial charge in [0.05, 0.1) is 25.1 Å². The average Bonchev–Trinajstić information content (AvgIpc) is 3.63. The third-order valence-corrected chi connectivity index (χ3v) is 9.82. The number of ether oxygens (including phenoxy) is 1. The van der Waals surface area contributed by atoms with Gasteiger partial charge in [-0.25, -0.2) is 38.4 Å². The number of phosphoric ester groups is 2. The van der Waals surface area contributed by atoms with Crippen LogP contribution in [0.3, 0.4) is 0 Å². The van der Waals surface area contributed by atoms with Crippen molar-refractivity contribution in [2.75, 3.05) is 30.0 Å². The lowest BCUT2D eigenvalue weighted by Crippen LogP contribution is -2.43. The molecule has 2 saturated heterocycles. The quantitative estimate of drug-likeness (QED) is 0.185. The first kappa shape index (κ1) is 31.7. The number of phosphoric acid groups is 2. The number of nitrogen functional groups attached to an aromatic ring is 2. The van der Waals surface area contributed by atoms with Crippen LogP contribution in [0.15, 0.2) is 24.0 Å². The highest BCUT2D eigenvalue weighted by Crippen LogP contribution is 2.55. The number of hydrogen-bond acceptors (Lipinski definition) is 17. The van der Waals surface area contributed by atoms with Gasteiger partial charge >= 0.3 is 15.6 Å². The number of nitrogens with two attached hydrogens (primary N) is 2. The number of hydrogen-bond donors (Lipinski definition) is 5. The van der Waals surface area contributed by atoms with E-state index in [0.717, 1.165) is 12.7 Å². The van der Waals surface area contributed by atoms with Gasteiger partial charge in [0.25, 0.3) is 0 Å². The Bertz CT molecular complexity index is 1700. The van der Waals surface area contributed by atoms with Crippen molar-refractivity contribution >= 4 is 56.7 Å². The molecular formula is C22H29FN10O10P2. The average molecular weight is 674 g/mol. The fourth-order valence-electron chi connectivity index (χ4n) is 5.67. The second kappa shape index (κ2) is 11.8. The van der Waals surface area contributed by atoms with E-state index in [4.69, 9.17) is 34.3 Å². The van der Waals surface area contributed by atoms with Gasteiger partial charge in [-0.3, -0.25) is 27.7 Å². The van der Waals surface area contributed by atoms with Crippen LogP contribution < -0.4 is 16.4 Å². The molecule has 0 aromatic carbocycles. The van der Waals surface area contributed by atoms with Gasteiger partial charge in [0.1, 0.15) is 48.3 Å². The van der Waals surface area contributed by atoms with Gasteiger partial charge in [0, 0.05) is 13.5 Å². The molecule has 244 valence electrons. The molecular weight excluding hydrogens is 645 g/mol. The number of rotatable bonds is 4. The Morgan fingerprint density at radius 1 is 1.04 bits per heavy atom. The van der Waals surface area contributed by atoms with Crippen molar-refractivity contribution in [3.05, 3.63) is 19.0 Å². The number of imidazole rings is 1. The van der Waals surface area contributed by atoms with Crippen molar-refractivity contribution in [1.29, 1.82) is 0 Å². The normalized spacial score (nSPS) is 37.4. The largest absolute Gasteiger partial charge is 0.473 e. The number of aliphatic hydroxyl groups excluding tert-OH is 1. The zero-order chi connectivity index (χ0) is 32.3. The van der Waals surface area contributed by atoms with Crippen molar-refractivity contribution in [3.63, 3.8) is 0 Å². The number of nitrogens with zero attached hydrogens (tertiary/aromatic N) is 8.